The monoisotopic (exact) mass is 255 g/mol. The van der Waals surface area contributed by atoms with Crippen LogP contribution in [0.15, 0.2) is 54.6 Å². The molecule has 2 rings (SSSR count). The lowest BCUT2D eigenvalue weighted by Gasteiger charge is -2.05. The normalized spacial score (nSPS) is 11.6. The molecule has 2 nitrogen and oxygen atoms in total. The van der Waals surface area contributed by atoms with E-state index in [9.17, 15) is 4.79 Å². The molecule has 0 amide bonds. The van der Waals surface area contributed by atoms with Crippen molar-refractivity contribution in [2.45, 2.75) is 6.04 Å². The van der Waals surface area contributed by atoms with Gasteiger partial charge in [-0.05, 0) is 24.3 Å². The molecule has 0 bridgehead atoms. The molecular weight excluding hydrogens is 246 g/mol. The molecule has 0 aliphatic heterocycles. The van der Waals surface area contributed by atoms with Crippen molar-refractivity contribution in [2.24, 2.45) is 0 Å². The van der Waals surface area contributed by atoms with Crippen molar-refractivity contribution >= 4 is 17.4 Å². The van der Waals surface area contributed by atoms with E-state index in [1.165, 1.54) is 0 Å². The molecule has 2 aromatic rings. The first kappa shape index (κ1) is 12.3. The van der Waals surface area contributed by atoms with E-state index in [1.54, 1.807) is 36.4 Å². The zero-order chi connectivity index (χ0) is 13.0. The third-order valence-corrected chi connectivity index (χ3v) is 2.87. The van der Waals surface area contributed by atoms with Crippen LogP contribution in [-0.4, -0.2) is 5.78 Å². The first-order valence-electron chi connectivity index (χ1n) is 5.43. The highest BCUT2D eigenvalue weighted by Gasteiger charge is 2.26. The molecule has 0 aromatic heterocycles. The van der Waals surface area contributed by atoms with Crippen molar-refractivity contribution in [1.29, 1.82) is 0 Å². The van der Waals surface area contributed by atoms with Crippen LogP contribution in [0.5, 0.6) is 0 Å². The van der Waals surface area contributed by atoms with Crippen LogP contribution in [0.3, 0.4) is 0 Å². The van der Waals surface area contributed by atoms with Gasteiger partial charge in [0, 0.05) is 16.1 Å². The van der Waals surface area contributed by atoms with Gasteiger partial charge in [-0.1, -0.05) is 41.9 Å². The Morgan fingerprint density at radius 3 is 2.22 bits per heavy atom. The fourth-order valence-corrected chi connectivity index (χ4v) is 1.82. The molecule has 3 heteroatoms. The molecule has 1 unspecified atom stereocenters. The number of halogens is 1. The van der Waals surface area contributed by atoms with Crippen LogP contribution in [0.4, 0.5) is 0 Å². The molecule has 0 spiro atoms. The van der Waals surface area contributed by atoms with Crippen LogP contribution in [0.1, 0.15) is 22.0 Å². The smallest absolute Gasteiger partial charge is 0.300 e. The van der Waals surface area contributed by atoms with Crippen LogP contribution in [0, 0.1) is 6.57 Å². The minimum absolute atomic E-state index is 0.201. The molecular formula is C15H10ClNO. The summed E-state index contributed by atoms with van der Waals surface area (Å²) >= 11 is 5.78. The molecule has 0 heterocycles. The summed E-state index contributed by atoms with van der Waals surface area (Å²) in [5, 5.41) is 0.575. The van der Waals surface area contributed by atoms with Gasteiger partial charge in [-0.2, -0.15) is 0 Å². The van der Waals surface area contributed by atoms with E-state index in [0.717, 1.165) is 0 Å². The third kappa shape index (κ3) is 2.58. The average molecular weight is 256 g/mol. The zero-order valence-corrected chi connectivity index (χ0v) is 10.3. The highest BCUT2D eigenvalue weighted by atomic mass is 35.5. The second-order valence-corrected chi connectivity index (χ2v) is 4.25. The number of ketones is 1. The largest absolute Gasteiger partial charge is 0.310 e. The van der Waals surface area contributed by atoms with Crippen LogP contribution < -0.4 is 0 Å². The standard InChI is InChI=1S/C15H10ClNO/c1-17-14(11-5-3-2-4-6-11)15(18)12-7-9-13(16)10-8-12/h2-10,14H. The minimum Gasteiger partial charge on any atom is -0.300 e. The van der Waals surface area contributed by atoms with Crippen molar-refractivity contribution in [2.75, 3.05) is 0 Å². The number of hydrogen-bond donors (Lipinski definition) is 0. The number of hydrogen-bond acceptors (Lipinski definition) is 1. The number of rotatable bonds is 3. The van der Waals surface area contributed by atoms with Crippen LogP contribution in [-0.2, 0) is 0 Å². The molecule has 0 fully saturated rings. The molecule has 0 N–H and O–H groups in total. The minimum atomic E-state index is -0.785. The fraction of sp³-hybridized carbons (Fsp3) is 0.0667. The molecule has 2 aromatic carbocycles. The van der Waals surface area contributed by atoms with Crippen LogP contribution in [0.25, 0.3) is 4.85 Å². The lowest BCUT2D eigenvalue weighted by Crippen LogP contribution is -2.09. The van der Waals surface area contributed by atoms with Crippen molar-refractivity contribution in [3.05, 3.63) is 82.2 Å². The molecule has 1 atom stereocenters. The van der Waals surface area contributed by atoms with Gasteiger partial charge in [0.25, 0.3) is 0 Å². The summed E-state index contributed by atoms with van der Waals surface area (Å²) in [6.07, 6.45) is 0. The van der Waals surface area contributed by atoms with Gasteiger partial charge in [-0.3, -0.25) is 9.64 Å². The third-order valence-electron chi connectivity index (χ3n) is 2.62. The quantitative estimate of drug-likeness (QED) is 0.595. The summed E-state index contributed by atoms with van der Waals surface area (Å²) in [6.45, 7) is 7.20. The van der Waals surface area contributed by atoms with Crippen LogP contribution >= 0.6 is 11.6 Å². The summed E-state index contributed by atoms with van der Waals surface area (Å²) in [7, 11) is 0. The van der Waals surface area contributed by atoms with Crippen molar-refractivity contribution in [1.82, 2.24) is 0 Å². The Morgan fingerprint density at radius 1 is 1.06 bits per heavy atom. The maximum atomic E-state index is 12.2. The highest BCUT2D eigenvalue weighted by molar-refractivity contribution is 6.30. The Balaban J connectivity index is 2.32. The zero-order valence-electron chi connectivity index (χ0n) is 9.51. The SMILES string of the molecule is [C-]#[N+]C(C(=O)c1ccc(Cl)cc1)c1ccccc1. The number of Topliss-reactive ketones (excluding diaryl/α,β-unsaturated/α-hetero) is 1. The van der Waals surface area contributed by atoms with Crippen molar-refractivity contribution in [3.8, 4) is 0 Å². The summed E-state index contributed by atoms with van der Waals surface area (Å²) < 4.78 is 0. The molecule has 0 saturated heterocycles. The summed E-state index contributed by atoms with van der Waals surface area (Å²) in [5.41, 5.74) is 1.22. The second kappa shape index (κ2) is 5.48. The van der Waals surface area contributed by atoms with Gasteiger partial charge in [0.15, 0.2) is 0 Å². The fourth-order valence-electron chi connectivity index (χ4n) is 1.69. The van der Waals surface area contributed by atoms with E-state index in [1.807, 2.05) is 18.2 Å². The Kier molecular flexibility index (Phi) is 3.76. The van der Waals surface area contributed by atoms with Crippen LogP contribution in [0.2, 0.25) is 5.02 Å². The molecule has 18 heavy (non-hydrogen) atoms. The predicted molar refractivity (Wildman–Crippen MR) is 71.6 cm³/mol. The number of carbonyl (C=O) groups is 1. The van der Waals surface area contributed by atoms with Crippen molar-refractivity contribution < 1.29 is 4.79 Å². The summed E-state index contributed by atoms with van der Waals surface area (Å²) in [4.78, 5) is 15.7. The van der Waals surface area contributed by atoms with E-state index in [4.69, 9.17) is 18.2 Å². The first-order chi connectivity index (χ1) is 8.72. The predicted octanol–water partition coefficient (Wildman–Crippen LogP) is 4.18. The second-order valence-electron chi connectivity index (χ2n) is 3.81. The molecule has 88 valence electrons. The Morgan fingerprint density at radius 2 is 1.67 bits per heavy atom. The van der Waals surface area contributed by atoms with Gasteiger partial charge in [-0.25, -0.2) is 6.57 Å². The van der Waals surface area contributed by atoms with Gasteiger partial charge < -0.3 is 0 Å². The number of carbonyl (C=O) groups excluding carboxylic acids is 1. The maximum absolute atomic E-state index is 12.2. The Labute approximate surface area is 111 Å². The van der Waals surface area contributed by atoms with E-state index in [0.29, 0.717) is 16.1 Å². The Hall–Kier alpha value is -2.11. The van der Waals surface area contributed by atoms with Gasteiger partial charge in [-0.15, -0.1) is 0 Å². The molecule has 0 aliphatic rings. The molecule has 0 aliphatic carbocycles. The van der Waals surface area contributed by atoms with E-state index in [-0.39, 0.29) is 5.78 Å². The van der Waals surface area contributed by atoms with Gasteiger partial charge in [0.05, 0.1) is 0 Å². The Bertz CT molecular complexity index is 584. The van der Waals surface area contributed by atoms with Gasteiger partial charge >= 0.3 is 6.04 Å². The molecule has 0 radical (unpaired) electrons. The number of nitrogens with zero attached hydrogens (tertiary/aromatic N) is 1. The van der Waals surface area contributed by atoms with Crippen molar-refractivity contribution in [3.63, 3.8) is 0 Å². The lowest BCUT2D eigenvalue weighted by molar-refractivity contribution is 0.0975. The van der Waals surface area contributed by atoms with Gasteiger partial charge in [0.1, 0.15) is 0 Å². The van der Waals surface area contributed by atoms with E-state index >= 15 is 0 Å². The number of benzene rings is 2. The topological polar surface area (TPSA) is 21.4 Å². The maximum Gasteiger partial charge on any atom is 0.310 e. The summed E-state index contributed by atoms with van der Waals surface area (Å²) in [5.74, 6) is -0.201. The van der Waals surface area contributed by atoms with E-state index < -0.39 is 6.04 Å². The average Bonchev–Trinajstić information content (AvgIpc) is 2.41. The lowest BCUT2D eigenvalue weighted by atomic mass is 9.98. The first-order valence-corrected chi connectivity index (χ1v) is 5.81. The van der Waals surface area contributed by atoms with E-state index in [2.05, 4.69) is 4.85 Å². The van der Waals surface area contributed by atoms with Gasteiger partial charge in [0.2, 0.25) is 5.78 Å². The molecule has 0 saturated carbocycles. The highest BCUT2D eigenvalue weighted by Crippen LogP contribution is 2.23. The summed E-state index contributed by atoms with van der Waals surface area (Å²) in [6, 6.07) is 14.9.